The summed E-state index contributed by atoms with van der Waals surface area (Å²) in [6.45, 7) is 6.96. The Balaban J connectivity index is 1.67. The zero-order valence-electron chi connectivity index (χ0n) is 17.7. The van der Waals surface area contributed by atoms with Crippen LogP contribution in [0.2, 0.25) is 0 Å². The Morgan fingerprint density at radius 1 is 1.07 bits per heavy atom. The van der Waals surface area contributed by atoms with Crippen LogP contribution in [0.15, 0.2) is 42.5 Å². The standard InChI is InChI=1S/C24H27N3O3/c1-4-29-18-13-14-22(30-5-2)20(15-18)25-24(28)23-19-7-6-8-21(19)27(26-23)17-11-9-16(3)10-12-17/h9-15H,4-8H2,1-3H3,(H,25,28). The van der Waals surface area contributed by atoms with E-state index in [-0.39, 0.29) is 5.91 Å². The quantitative estimate of drug-likeness (QED) is 0.618. The van der Waals surface area contributed by atoms with Crippen molar-refractivity contribution in [1.29, 1.82) is 0 Å². The zero-order valence-corrected chi connectivity index (χ0v) is 17.7. The number of nitrogens with one attached hydrogen (secondary N) is 1. The molecule has 156 valence electrons. The Kier molecular flexibility index (Phi) is 5.74. The minimum absolute atomic E-state index is 0.228. The molecule has 0 atom stereocenters. The Morgan fingerprint density at radius 3 is 2.57 bits per heavy atom. The number of carbonyl (C=O) groups is 1. The molecule has 6 heteroatoms. The van der Waals surface area contributed by atoms with Crippen LogP contribution >= 0.6 is 0 Å². The molecule has 1 aliphatic carbocycles. The number of fused-ring (bicyclic) bond motifs is 1. The van der Waals surface area contributed by atoms with Gasteiger partial charge in [0.1, 0.15) is 11.5 Å². The second kappa shape index (κ2) is 8.61. The molecular weight excluding hydrogens is 378 g/mol. The number of hydrogen-bond acceptors (Lipinski definition) is 4. The van der Waals surface area contributed by atoms with Crippen LogP contribution in [0, 0.1) is 6.92 Å². The summed E-state index contributed by atoms with van der Waals surface area (Å²) < 4.78 is 13.2. The SMILES string of the molecule is CCOc1ccc(OCC)c(NC(=O)c2nn(-c3ccc(C)cc3)c3c2CCC3)c1. The van der Waals surface area contributed by atoms with E-state index in [4.69, 9.17) is 14.6 Å². The van der Waals surface area contributed by atoms with Crippen molar-refractivity contribution >= 4 is 11.6 Å². The van der Waals surface area contributed by atoms with Crippen molar-refractivity contribution in [2.24, 2.45) is 0 Å². The molecule has 1 heterocycles. The van der Waals surface area contributed by atoms with Gasteiger partial charge in [0.05, 0.1) is 24.6 Å². The normalized spacial score (nSPS) is 12.5. The van der Waals surface area contributed by atoms with Gasteiger partial charge in [-0.1, -0.05) is 17.7 Å². The predicted molar refractivity (Wildman–Crippen MR) is 117 cm³/mol. The molecule has 1 N–H and O–H groups in total. The number of rotatable bonds is 7. The minimum Gasteiger partial charge on any atom is -0.494 e. The second-order valence-corrected chi connectivity index (χ2v) is 7.35. The maximum atomic E-state index is 13.2. The Labute approximate surface area is 176 Å². The molecule has 0 saturated heterocycles. The molecule has 0 saturated carbocycles. The van der Waals surface area contributed by atoms with E-state index in [0.29, 0.717) is 36.1 Å². The van der Waals surface area contributed by atoms with Crippen LogP contribution in [0.4, 0.5) is 5.69 Å². The zero-order chi connectivity index (χ0) is 21.1. The first-order valence-corrected chi connectivity index (χ1v) is 10.5. The maximum Gasteiger partial charge on any atom is 0.276 e. The number of amides is 1. The monoisotopic (exact) mass is 405 g/mol. The van der Waals surface area contributed by atoms with Gasteiger partial charge in [0.2, 0.25) is 0 Å². The molecule has 1 aliphatic rings. The maximum absolute atomic E-state index is 13.2. The summed E-state index contributed by atoms with van der Waals surface area (Å²) in [4.78, 5) is 13.2. The van der Waals surface area contributed by atoms with Gasteiger partial charge in [-0.25, -0.2) is 4.68 Å². The second-order valence-electron chi connectivity index (χ2n) is 7.35. The Bertz CT molecular complexity index is 1050. The van der Waals surface area contributed by atoms with E-state index in [1.165, 1.54) is 5.56 Å². The number of ether oxygens (including phenoxy) is 2. The van der Waals surface area contributed by atoms with Crippen LogP contribution in [0.1, 0.15) is 47.6 Å². The highest BCUT2D eigenvalue weighted by Crippen LogP contribution is 2.32. The Morgan fingerprint density at radius 2 is 1.83 bits per heavy atom. The van der Waals surface area contributed by atoms with Gasteiger partial charge < -0.3 is 14.8 Å². The van der Waals surface area contributed by atoms with E-state index in [1.54, 1.807) is 6.07 Å². The third-order valence-electron chi connectivity index (χ3n) is 5.23. The highest BCUT2D eigenvalue weighted by atomic mass is 16.5. The molecule has 3 aromatic rings. The molecular formula is C24H27N3O3. The van der Waals surface area contributed by atoms with Crippen molar-refractivity contribution in [1.82, 2.24) is 9.78 Å². The lowest BCUT2D eigenvalue weighted by atomic mass is 10.2. The van der Waals surface area contributed by atoms with Crippen molar-refractivity contribution in [2.75, 3.05) is 18.5 Å². The first kappa shape index (κ1) is 20.0. The van der Waals surface area contributed by atoms with Crippen LogP contribution in [0.5, 0.6) is 11.5 Å². The van der Waals surface area contributed by atoms with Crippen molar-refractivity contribution in [3.63, 3.8) is 0 Å². The van der Waals surface area contributed by atoms with Crippen molar-refractivity contribution < 1.29 is 14.3 Å². The van der Waals surface area contributed by atoms with E-state index in [2.05, 4.69) is 24.4 Å². The van der Waals surface area contributed by atoms with Crippen LogP contribution in [-0.4, -0.2) is 28.9 Å². The van der Waals surface area contributed by atoms with Gasteiger partial charge in [0.25, 0.3) is 5.91 Å². The lowest BCUT2D eigenvalue weighted by Gasteiger charge is -2.13. The molecule has 4 rings (SSSR count). The minimum atomic E-state index is -0.228. The summed E-state index contributed by atoms with van der Waals surface area (Å²) in [6.07, 6.45) is 2.82. The third kappa shape index (κ3) is 3.90. The van der Waals surface area contributed by atoms with Gasteiger partial charge in [-0.05, 0) is 64.3 Å². The molecule has 6 nitrogen and oxygen atoms in total. The number of benzene rings is 2. The first-order valence-electron chi connectivity index (χ1n) is 10.5. The van der Waals surface area contributed by atoms with E-state index in [0.717, 1.165) is 36.2 Å². The van der Waals surface area contributed by atoms with Crippen molar-refractivity contribution in [2.45, 2.75) is 40.0 Å². The molecule has 0 unspecified atom stereocenters. The number of nitrogens with zero attached hydrogens (tertiary/aromatic N) is 2. The van der Waals surface area contributed by atoms with Gasteiger partial charge >= 0.3 is 0 Å². The molecule has 0 bridgehead atoms. The third-order valence-corrected chi connectivity index (χ3v) is 5.23. The van der Waals surface area contributed by atoms with E-state index in [1.807, 2.05) is 42.8 Å². The first-order chi connectivity index (χ1) is 14.6. The molecule has 1 amide bonds. The largest absolute Gasteiger partial charge is 0.494 e. The summed E-state index contributed by atoms with van der Waals surface area (Å²) in [7, 11) is 0. The topological polar surface area (TPSA) is 65.4 Å². The fraction of sp³-hybridized carbons (Fsp3) is 0.333. The summed E-state index contributed by atoms with van der Waals surface area (Å²) >= 11 is 0. The summed E-state index contributed by atoms with van der Waals surface area (Å²) in [5.74, 6) is 1.07. The number of anilines is 1. The molecule has 2 aromatic carbocycles. The molecule has 0 fully saturated rings. The average molecular weight is 405 g/mol. The van der Waals surface area contributed by atoms with Crippen LogP contribution in [-0.2, 0) is 12.8 Å². The van der Waals surface area contributed by atoms with Crippen LogP contribution < -0.4 is 14.8 Å². The molecule has 30 heavy (non-hydrogen) atoms. The van der Waals surface area contributed by atoms with E-state index in [9.17, 15) is 4.79 Å². The molecule has 0 spiro atoms. The lowest BCUT2D eigenvalue weighted by Crippen LogP contribution is -2.16. The van der Waals surface area contributed by atoms with Gasteiger partial charge in [-0.3, -0.25) is 4.79 Å². The number of aryl methyl sites for hydroxylation is 1. The summed E-state index contributed by atoms with van der Waals surface area (Å²) in [5, 5.41) is 7.69. The van der Waals surface area contributed by atoms with Gasteiger partial charge in [0.15, 0.2) is 5.69 Å². The van der Waals surface area contributed by atoms with E-state index < -0.39 is 0 Å². The lowest BCUT2D eigenvalue weighted by molar-refractivity contribution is 0.102. The Hall–Kier alpha value is -3.28. The smallest absolute Gasteiger partial charge is 0.276 e. The predicted octanol–water partition coefficient (Wildman–Crippen LogP) is 4.72. The molecule has 1 aromatic heterocycles. The fourth-order valence-corrected chi connectivity index (χ4v) is 3.85. The van der Waals surface area contributed by atoms with Crippen molar-refractivity contribution in [3.05, 3.63) is 65.0 Å². The van der Waals surface area contributed by atoms with Crippen molar-refractivity contribution in [3.8, 4) is 17.2 Å². The number of carbonyl (C=O) groups excluding carboxylic acids is 1. The fourth-order valence-electron chi connectivity index (χ4n) is 3.85. The van der Waals surface area contributed by atoms with Crippen LogP contribution in [0.25, 0.3) is 5.69 Å². The van der Waals surface area contributed by atoms with Gasteiger partial charge in [-0.15, -0.1) is 0 Å². The average Bonchev–Trinajstić information content (AvgIpc) is 3.34. The summed E-state index contributed by atoms with van der Waals surface area (Å²) in [5.41, 5.74) is 5.39. The van der Waals surface area contributed by atoms with Gasteiger partial charge in [-0.2, -0.15) is 5.10 Å². The van der Waals surface area contributed by atoms with Crippen LogP contribution in [0.3, 0.4) is 0 Å². The number of hydrogen-bond donors (Lipinski definition) is 1. The molecule has 0 radical (unpaired) electrons. The molecule has 0 aliphatic heterocycles. The van der Waals surface area contributed by atoms with E-state index >= 15 is 0 Å². The highest BCUT2D eigenvalue weighted by Gasteiger charge is 2.27. The highest BCUT2D eigenvalue weighted by molar-refractivity contribution is 6.05. The van der Waals surface area contributed by atoms with Gasteiger partial charge in [0, 0.05) is 17.3 Å². The summed E-state index contributed by atoms with van der Waals surface area (Å²) in [6, 6.07) is 13.7. The number of aromatic nitrogens is 2.